The molecule has 17 nitrogen and oxygen atoms in total. The van der Waals surface area contributed by atoms with Gasteiger partial charge in [-0.15, -0.1) is 0 Å². The molecule has 0 aliphatic rings. The smallest absolute Gasteiger partial charge is 0.462 e. The lowest BCUT2D eigenvalue weighted by molar-refractivity contribution is -0.161. The topological polar surface area (TPSA) is 237 Å². The van der Waals surface area contributed by atoms with E-state index in [0.29, 0.717) is 25.7 Å². The third-order valence-electron chi connectivity index (χ3n) is 16.8. The number of esters is 4. The first-order valence-corrected chi connectivity index (χ1v) is 40.0. The van der Waals surface area contributed by atoms with Crippen molar-refractivity contribution in [2.75, 3.05) is 39.6 Å². The molecule has 6 atom stereocenters. The standard InChI is InChI=1S/C71H138O17P2/c1-7-10-12-14-16-17-18-19-20-23-26-29-36-42-48-54-69(74)82-60-67(87-70(75)55-49-43-37-30-27-24-21-22-25-28-34-39-45-51-63(4)5)62-86-90(79,80)84-58-65(72)57-83-89(77,78)85-61-66(59-81-68(73)53-47-41-33-15-13-11-8-2)88-71(76)56-50-44-38-32-31-35-40-46-52-64(6)9-3/h63-67,72H,7-62H2,1-6H3,(H,77,78)(H,79,80)/t64?,65-,66+,67+/m0/s1. The minimum absolute atomic E-state index is 0.105. The molecule has 0 aromatic rings. The molecule has 19 heteroatoms. The van der Waals surface area contributed by atoms with Crippen LogP contribution in [-0.4, -0.2) is 96.7 Å². The Morgan fingerprint density at radius 3 is 0.844 bits per heavy atom. The molecule has 0 saturated heterocycles. The highest BCUT2D eigenvalue weighted by Gasteiger charge is 2.30. The van der Waals surface area contributed by atoms with Crippen LogP contribution in [-0.2, 0) is 65.4 Å². The quantitative estimate of drug-likeness (QED) is 0.0222. The van der Waals surface area contributed by atoms with Gasteiger partial charge < -0.3 is 33.8 Å². The first-order valence-electron chi connectivity index (χ1n) is 37.0. The Bertz CT molecular complexity index is 1750. The van der Waals surface area contributed by atoms with Crippen LogP contribution in [0, 0.1) is 11.8 Å². The molecular weight excluding hydrogens is 1190 g/mol. The molecule has 0 bridgehead atoms. The fourth-order valence-electron chi connectivity index (χ4n) is 10.7. The number of hydrogen-bond acceptors (Lipinski definition) is 15. The predicted molar refractivity (Wildman–Crippen MR) is 363 cm³/mol. The molecule has 0 fully saturated rings. The molecule has 534 valence electrons. The Morgan fingerprint density at radius 1 is 0.322 bits per heavy atom. The number of phosphoric ester groups is 2. The van der Waals surface area contributed by atoms with E-state index in [-0.39, 0.29) is 25.7 Å². The summed E-state index contributed by atoms with van der Waals surface area (Å²) in [5.74, 6) is -0.571. The van der Waals surface area contributed by atoms with Crippen LogP contribution in [0.5, 0.6) is 0 Å². The van der Waals surface area contributed by atoms with Gasteiger partial charge in [0.1, 0.15) is 19.3 Å². The minimum atomic E-state index is -4.95. The molecule has 0 saturated carbocycles. The number of unbranched alkanes of at least 4 members (excludes halogenated alkanes) is 39. The molecule has 0 aromatic carbocycles. The second-order valence-electron chi connectivity index (χ2n) is 26.3. The van der Waals surface area contributed by atoms with Gasteiger partial charge in [-0.25, -0.2) is 9.13 Å². The molecule has 0 heterocycles. The summed E-state index contributed by atoms with van der Waals surface area (Å²) in [5, 5.41) is 10.6. The Balaban J connectivity index is 5.21. The largest absolute Gasteiger partial charge is 0.472 e. The summed E-state index contributed by atoms with van der Waals surface area (Å²) in [5.41, 5.74) is 0. The molecule has 0 rings (SSSR count). The Kier molecular flexibility index (Phi) is 61.8. The van der Waals surface area contributed by atoms with E-state index in [1.54, 1.807) is 0 Å². The summed E-state index contributed by atoms with van der Waals surface area (Å²) in [7, 11) is -9.90. The third-order valence-corrected chi connectivity index (χ3v) is 18.7. The van der Waals surface area contributed by atoms with Crippen molar-refractivity contribution in [1.82, 2.24) is 0 Å². The van der Waals surface area contributed by atoms with Gasteiger partial charge in [0.05, 0.1) is 26.4 Å². The van der Waals surface area contributed by atoms with Crippen molar-refractivity contribution in [3.8, 4) is 0 Å². The fraction of sp³-hybridized carbons (Fsp3) is 0.944. The van der Waals surface area contributed by atoms with Gasteiger partial charge in [-0.05, 0) is 37.5 Å². The fourth-order valence-corrected chi connectivity index (χ4v) is 12.3. The minimum Gasteiger partial charge on any atom is -0.462 e. The second kappa shape index (κ2) is 63.1. The van der Waals surface area contributed by atoms with Gasteiger partial charge in [0, 0.05) is 25.7 Å². The lowest BCUT2D eigenvalue weighted by Gasteiger charge is -2.21. The number of carbonyl (C=O) groups excluding carboxylic acids is 4. The van der Waals surface area contributed by atoms with Crippen molar-refractivity contribution in [3.05, 3.63) is 0 Å². The second-order valence-corrected chi connectivity index (χ2v) is 29.3. The van der Waals surface area contributed by atoms with Crippen molar-refractivity contribution in [2.45, 2.75) is 381 Å². The van der Waals surface area contributed by atoms with Gasteiger partial charge in [0.25, 0.3) is 0 Å². The van der Waals surface area contributed by atoms with Crippen molar-refractivity contribution in [3.63, 3.8) is 0 Å². The molecular formula is C71H138O17P2. The van der Waals surface area contributed by atoms with E-state index >= 15 is 0 Å². The van der Waals surface area contributed by atoms with Gasteiger partial charge in [0.15, 0.2) is 12.2 Å². The van der Waals surface area contributed by atoms with Crippen LogP contribution >= 0.6 is 15.6 Å². The summed E-state index contributed by atoms with van der Waals surface area (Å²) >= 11 is 0. The highest BCUT2D eigenvalue weighted by atomic mass is 31.2. The zero-order valence-electron chi connectivity index (χ0n) is 58.4. The van der Waals surface area contributed by atoms with Crippen LogP contribution in [0.15, 0.2) is 0 Å². The molecule has 0 radical (unpaired) electrons. The normalized spacial score (nSPS) is 14.4. The van der Waals surface area contributed by atoms with Crippen molar-refractivity contribution in [2.24, 2.45) is 11.8 Å². The van der Waals surface area contributed by atoms with Gasteiger partial charge >= 0.3 is 39.5 Å². The molecule has 3 N–H and O–H groups in total. The SMILES string of the molecule is CCCCCCCCCCCCCCCCCC(=O)OC[C@H](COP(=O)(O)OC[C@@H](O)COP(=O)(O)OC[C@@H](COC(=O)CCCCCCCCC)OC(=O)CCCCCCCCCCC(C)CC)OC(=O)CCCCCCCCCCCCCCCC(C)C. The van der Waals surface area contributed by atoms with E-state index in [9.17, 15) is 43.2 Å². The predicted octanol–water partition coefficient (Wildman–Crippen LogP) is 20.4. The number of carbonyl (C=O) groups is 4. The molecule has 0 aliphatic heterocycles. The van der Waals surface area contributed by atoms with Gasteiger partial charge in [0.2, 0.25) is 0 Å². The van der Waals surface area contributed by atoms with Crippen LogP contribution in [0.4, 0.5) is 0 Å². The molecule has 0 aromatic heterocycles. The third kappa shape index (κ3) is 63.5. The zero-order valence-corrected chi connectivity index (χ0v) is 60.2. The number of ether oxygens (including phenoxy) is 4. The maximum atomic E-state index is 13.0. The number of phosphoric acid groups is 2. The number of rotatable bonds is 70. The molecule has 90 heavy (non-hydrogen) atoms. The van der Waals surface area contributed by atoms with Crippen LogP contribution in [0.1, 0.15) is 363 Å². The Morgan fingerprint density at radius 2 is 0.567 bits per heavy atom. The van der Waals surface area contributed by atoms with E-state index in [0.717, 1.165) is 115 Å². The van der Waals surface area contributed by atoms with Crippen molar-refractivity contribution < 1.29 is 80.2 Å². The lowest BCUT2D eigenvalue weighted by atomic mass is 9.99. The van der Waals surface area contributed by atoms with Crippen LogP contribution in [0.2, 0.25) is 0 Å². The first kappa shape index (κ1) is 88.1. The van der Waals surface area contributed by atoms with E-state index in [1.807, 2.05) is 0 Å². The average Bonchev–Trinajstić information content (AvgIpc) is 3.13. The first-order chi connectivity index (χ1) is 43.4. The van der Waals surface area contributed by atoms with E-state index in [4.69, 9.17) is 37.0 Å². The van der Waals surface area contributed by atoms with Crippen LogP contribution in [0.3, 0.4) is 0 Å². The monoisotopic (exact) mass is 1320 g/mol. The molecule has 0 spiro atoms. The van der Waals surface area contributed by atoms with Gasteiger partial charge in [-0.3, -0.25) is 37.3 Å². The van der Waals surface area contributed by atoms with E-state index in [1.165, 1.54) is 167 Å². The number of aliphatic hydroxyl groups excluding tert-OH is 1. The number of hydrogen-bond donors (Lipinski definition) is 3. The molecule has 3 unspecified atom stereocenters. The number of aliphatic hydroxyl groups is 1. The van der Waals surface area contributed by atoms with Crippen molar-refractivity contribution in [1.29, 1.82) is 0 Å². The summed E-state index contributed by atoms with van der Waals surface area (Å²) in [6, 6.07) is 0. The molecule has 0 amide bonds. The zero-order chi connectivity index (χ0) is 66.5. The van der Waals surface area contributed by atoms with Crippen LogP contribution in [0.25, 0.3) is 0 Å². The van der Waals surface area contributed by atoms with E-state index in [2.05, 4.69) is 41.5 Å². The average molecular weight is 1330 g/mol. The lowest BCUT2D eigenvalue weighted by Crippen LogP contribution is -2.30. The van der Waals surface area contributed by atoms with E-state index < -0.39 is 97.5 Å². The van der Waals surface area contributed by atoms with Crippen LogP contribution < -0.4 is 0 Å². The summed E-state index contributed by atoms with van der Waals surface area (Å²) in [6.45, 7) is 9.53. The highest BCUT2D eigenvalue weighted by Crippen LogP contribution is 2.45. The highest BCUT2D eigenvalue weighted by molar-refractivity contribution is 7.47. The summed E-state index contributed by atoms with van der Waals surface area (Å²) in [6.07, 6.45) is 48.6. The van der Waals surface area contributed by atoms with Gasteiger partial charge in [-0.1, -0.05) is 311 Å². The molecule has 0 aliphatic carbocycles. The van der Waals surface area contributed by atoms with Gasteiger partial charge in [-0.2, -0.15) is 0 Å². The Hall–Kier alpha value is -1.94. The summed E-state index contributed by atoms with van der Waals surface area (Å²) < 4.78 is 68.2. The van der Waals surface area contributed by atoms with Crippen molar-refractivity contribution >= 4 is 39.5 Å². The maximum Gasteiger partial charge on any atom is 0.472 e. The maximum absolute atomic E-state index is 13.0. The Labute approximate surface area is 549 Å². The summed E-state index contributed by atoms with van der Waals surface area (Å²) in [4.78, 5) is 72.5.